The number of rotatable bonds is 8. The van der Waals surface area contributed by atoms with E-state index >= 15 is 0 Å². The molecule has 0 radical (unpaired) electrons. The van der Waals surface area contributed by atoms with Gasteiger partial charge in [-0.05, 0) is 81.5 Å². The summed E-state index contributed by atoms with van der Waals surface area (Å²) in [5.74, 6) is 0.279. The van der Waals surface area contributed by atoms with E-state index in [9.17, 15) is 13.6 Å². The van der Waals surface area contributed by atoms with Gasteiger partial charge in [0.2, 0.25) is 0 Å². The van der Waals surface area contributed by atoms with Crippen LogP contribution in [0.1, 0.15) is 62.5 Å². The number of piperidine rings is 1. The summed E-state index contributed by atoms with van der Waals surface area (Å²) in [5.41, 5.74) is 0.254. The number of likely N-dealkylation sites (tertiary alicyclic amines) is 1. The maximum Gasteiger partial charge on any atom is 0.410 e. The molecule has 0 bridgehead atoms. The van der Waals surface area contributed by atoms with Crippen molar-refractivity contribution in [2.75, 3.05) is 45.9 Å². The highest BCUT2D eigenvalue weighted by Gasteiger charge is 2.47. The lowest BCUT2D eigenvalue weighted by molar-refractivity contribution is -0.00167. The van der Waals surface area contributed by atoms with Crippen molar-refractivity contribution >= 4 is 6.09 Å². The summed E-state index contributed by atoms with van der Waals surface area (Å²) >= 11 is 0. The number of hydrogen-bond donors (Lipinski definition) is 1. The van der Waals surface area contributed by atoms with E-state index in [0.717, 1.165) is 39.1 Å². The fraction of sp³-hybridized carbons (Fsp3) is 0.750. The molecule has 0 aromatic heterocycles. The van der Waals surface area contributed by atoms with E-state index in [1.165, 1.54) is 37.8 Å². The fourth-order valence-electron chi connectivity index (χ4n) is 6.50. The molecule has 4 aliphatic rings. The minimum Gasteiger partial charge on any atom is -0.441 e. The Bertz CT molecular complexity index is 884. The second-order valence-electron chi connectivity index (χ2n) is 11.6. The van der Waals surface area contributed by atoms with E-state index in [2.05, 4.69) is 10.2 Å². The van der Waals surface area contributed by atoms with Gasteiger partial charge in [0.1, 0.15) is 17.2 Å². The second-order valence-corrected chi connectivity index (χ2v) is 11.6. The molecule has 4 fully saturated rings. The lowest BCUT2D eigenvalue weighted by Gasteiger charge is -2.37. The number of hydrogen-bond acceptors (Lipinski definition) is 5. The summed E-state index contributed by atoms with van der Waals surface area (Å²) in [4.78, 5) is 16.7. The molecular formula is C28H41F2N3O3. The van der Waals surface area contributed by atoms with Gasteiger partial charge in [0, 0.05) is 57.7 Å². The van der Waals surface area contributed by atoms with Gasteiger partial charge in [-0.1, -0.05) is 0 Å². The van der Waals surface area contributed by atoms with Crippen LogP contribution in [0.2, 0.25) is 0 Å². The molecular weight excluding hydrogens is 464 g/mol. The van der Waals surface area contributed by atoms with Crippen LogP contribution in [0.25, 0.3) is 0 Å². The van der Waals surface area contributed by atoms with Gasteiger partial charge in [-0.2, -0.15) is 0 Å². The Kier molecular flexibility index (Phi) is 8.13. The fourth-order valence-corrected chi connectivity index (χ4v) is 6.50. The zero-order valence-electron chi connectivity index (χ0n) is 21.6. The Morgan fingerprint density at radius 2 is 1.72 bits per heavy atom. The number of amides is 1. The molecule has 200 valence electrons. The molecule has 36 heavy (non-hydrogen) atoms. The van der Waals surface area contributed by atoms with Crippen LogP contribution < -0.4 is 5.32 Å². The van der Waals surface area contributed by atoms with Gasteiger partial charge in [-0.3, -0.25) is 4.90 Å². The van der Waals surface area contributed by atoms with Crippen molar-refractivity contribution < 1.29 is 23.0 Å². The topological polar surface area (TPSA) is 54.0 Å². The molecule has 8 heteroatoms. The van der Waals surface area contributed by atoms with Crippen molar-refractivity contribution in [3.63, 3.8) is 0 Å². The third-order valence-corrected chi connectivity index (χ3v) is 8.75. The molecule has 1 amide bonds. The average molecular weight is 506 g/mol. The summed E-state index contributed by atoms with van der Waals surface area (Å²) in [6, 6.07) is 2.77. The van der Waals surface area contributed by atoms with Crippen LogP contribution in [0.15, 0.2) is 12.1 Å². The van der Waals surface area contributed by atoms with Crippen molar-refractivity contribution in [3.05, 3.63) is 34.9 Å². The lowest BCUT2D eigenvalue weighted by Crippen LogP contribution is -2.47. The Morgan fingerprint density at radius 1 is 1.03 bits per heavy atom. The first-order valence-corrected chi connectivity index (χ1v) is 13.9. The van der Waals surface area contributed by atoms with Crippen LogP contribution >= 0.6 is 0 Å². The number of nitrogens with zero attached hydrogens (tertiary/aromatic N) is 2. The van der Waals surface area contributed by atoms with Crippen LogP contribution in [0.4, 0.5) is 13.6 Å². The van der Waals surface area contributed by atoms with Crippen LogP contribution in [0.5, 0.6) is 0 Å². The van der Waals surface area contributed by atoms with Gasteiger partial charge in [0.05, 0.1) is 12.6 Å². The van der Waals surface area contributed by atoms with Gasteiger partial charge in [0.25, 0.3) is 0 Å². The molecule has 1 aromatic rings. The number of nitrogens with one attached hydrogen (secondary N) is 1. The molecule has 5 rings (SSSR count). The summed E-state index contributed by atoms with van der Waals surface area (Å²) in [7, 11) is 0. The van der Waals surface area contributed by atoms with E-state index in [-0.39, 0.29) is 18.2 Å². The van der Waals surface area contributed by atoms with Crippen LogP contribution in [-0.2, 0) is 16.0 Å². The highest BCUT2D eigenvalue weighted by atomic mass is 19.1. The quantitative estimate of drug-likeness (QED) is 0.558. The third-order valence-electron chi connectivity index (χ3n) is 8.75. The minimum absolute atomic E-state index is 0.124. The first kappa shape index (κ1) is 25.9. The minimum atomic E-state index is -0.486. The number of ether oxygens (including phenoxy) is 2. The summed E-state index contributed by atoms with van der Waals surface area (Å²) < 4.78 is 40.2. The van der Waals surface area contributed by atoms with Gasteiger partial charge in [-0.15, -0.1) is 0 Å². The van der Waals surface area contributed by atoms with Gasteiger partial charge in [0.15, 0.2) is 0 Å². The molecule has 3 saturated heterocycles. The molecule has 1 saturated carbocycles. The number of carbonyl (C=O) groups is 1. The smallest absolute Gasteiger partial charge is 0.410 e. The van der Waals surface area contributed by atoms with E-state index in [0.29, 0.717) is 56.0 Å². The lowest BCUT2D eigenvalue weighted by atomic mass is 9.81. The van der Waals surface area contributed by atoms with Crippen molar-refractivity contribution in [2.24, 2.45) is 11.8 Å². The predicted molar refractivity (Wildman–Crippen MR) is 134 cm³/mol. The molecule has 1 spiro atoms. The maximum absolute atomic E-state index is 14.3. The summed E-state index contributed by atoms with van der Waals surface area (Å²) in [6.45, 7) is 7.62. The van der Waals surface area contributed by atoms with Crippen LogP contribution in [0, 0.1) is 30.4 Å². The molecule has 1 aliphatic carbocycles. The number of aryl methyl sites for hydroxylation is 1. The highest BCUT2D eigenvalue weighted by Crippen LogP contribution is 2.36. The van der Waals surface area contributed by atoms with Gasteiger partial charge >= 0.3 is 6.09 Å². The molecule has 1 atom stereocenters. The highest BCUT2D eigenvalue weighted by molar-refractivity contribution is 5.70. The van der Waals surface area contributed by atoms with Crippen molar-refractivity contribution in [2.45, 2.75) is 76.5 Å². The predicted octanol–water partition coefficient (Wildman–Crippen LogP) is 4.64. The molecule has 1 aromatic carbocycles. The van der Waals surface area contributed by atoms with Crippen molar-refractivity contribution in [1.82, 2.24) is 15.1 Å². The second kappa shape index (κ2) is 11.3. The molecule has 3 heterocycles. The number of halogens is 2. The van der Waals surface area contributed by atoms with Crippen molar-refractivity contribution in [3.8, 4) is 0 Å². The zero-order valence-corrected chi connectivity index (χ0v) is 21.6. The van der Waals surface area contributed by atoms with E-state index in [1.807, 2.05) is 4.90 Å². The monoisotopic (exact) mass is 505 g/mol. The molecule has 1 unspecified atom stereocenters. The zero-order chi connectivity index (χ0) is 25.1. The largest absolute Gasteiger partial charge is 0.441 e. The standard InChI is InChI=1S/C28H41F2N3O3/c1-20-13-25(29)24(26(30)14-20)18-32-10-8-28(9-11-32)19-33(27(34)36-28)17-22-6-4-21(5-7-22)15-31-16-23-3-2-12-35-23/h13-14,21-23,31H,2-12,15-19H2,1H3. The van der Waals surface area contributed by atoms with Crippen molar-refractivity contribution in [1.29, 1.82) is 0 Å². The van der Waals surface area contributed by atoms with Crippen LogP contribution in [-0.4, -0.2) is 73.5 Å². The van der Waals surface area contributed by atoms with Gasteiger partial charge in [-0.25, -0.2) is 13.6 Å². The first-order chi connectivity index (χ1) is 17.4. The maximum atomic E-state index is 14.3. The molecule has 6 nitrogen and oxygen atoms in total. The Morgan fingerprint density at radius 3 is 2.39 bits per heavy atom. The normalized spacial score (nSPS) is 28.7. The third kappa shape index (κ3) is 6.20. The Labute approximate surface area is 213 Å². The van der Waals surface area contributed by atoms with Gasteiger partial charge < -0.3 is 19.7 Å². The van der Waals surface area contributed by atoms with Crippen LogP contribution in [0.3, 0.4) is 0 Å². The summed E-state index contributed by atoms with van der Waals surface area (Å²) in [5, 5.41) is 3.60. The molecule has 3 aliphatic heterocycles. The summed E-state index contributed by atoms with van der Waals surface area (Å²) in [6.07, 6.45) is 8.69. The first-order valence-electron chi connectivity index (χ1n) is 13.9. The number of carbonyl (C=O) groups excluding carboxylic acids is 1. The molecule has 1 N–H and O–H groups in total. The SMILES string of the molecule is Cc1cc(F)c(CN2CCC3(CC2)CN(CC2CCC(CNCC4CCCO4)CC2)C(=O)O3)c(F)c1. The van der Waals surface area contributed by atoms with E-state index in [4.69, 9.17) is 9.47 Å². The Hall–Kier alpha value is -1.77. The Balaban J connectivity index is 1.04. The average Bonchev–Trinajstić information content (AvgIpc) is 3.47. The van der Waals surface area contributed by atoms with E-state index < -0.39 is 17.2 Å². The van der Waals surface area contributed by atoms with E-state index in [1.54, 1.807) is 6.92 Å². The number of benzene rings is 1.